The van der Waals surface area contributed by atoms with Crippen LogP contribution in [0.25, 0.3) is 6.08 Å². The molecule has 0 saturated carbocycles. The Labute approximate surface area is 338 Å². The van der Waals surface area contributed by atoms with E-state index < -0.39 is 59.6 Å². The summed E-state index contributed by atoms with van der Waals surface area (Å²) in [7, 11) is 0. The van der Waals surface area contributed by atoms with Crippen LogP contribution in [0.15, 0.2) is 90.5 Å². The maximum Gasteiger partial charge on any atom is 0.338 e. The first-order chi connectivity index (χ1) is 27.8. The Morgan fingerprint density at radius 1 is 1.00 bits per heavy atom. The van der Waals surface area contributed by atoms with Gasteiger partial charge in [-0.3, -0.25) is 14.4 Å². The number of fused-ring (bicyclic) bond motifs is 2. The first-order valence-electron chi connectivity index (χ1n) is 20.1. The number of aromatic hydroxyl groups is 1. The fourth-order valence-electron chi connectivity index (χ4n) is 8.29. The van der Waals surface area contributed by atoms with E-state index in [9.17, 15) is 29.4 Å². The molecule has 0 aromatic heterocycles. The summed E-state index contributed by atoms with van der Waals surface area (Å²) in [6, 6.07) is 20.7. The number of amides is 2. The van der Waals surface area contributed by atoms with Crippen molar-refractivity contribution in [2.24, 2.45) is 0 Å². The number of nitrogens with one attached hydrogen (secondary N) is 1. The van der Waals surface area contributed by atoms with Crippen LogP contribution in [0, 0.1) is 0 Å². The zero-order chi connectivity index (χ0) is 41.0. The highest BCUT2D eigenvalue weighted by atomic mass is 16.8. The summed E-state index contributed by atoms with van der Waals surface area (Å²) < 4.78 is 24.9. The lowest BCUT2D eigenvalue weighted by Crippen LogP contribution is -2.51. The highest BCUT2D eigenvalue weighted by Gasteiger charge is 2.55. The molecule has 7 rings (SSSR count). The van der Waals surface area contributed by atoms with E-state index >= 15 is 0 Å². The van der Waals surface area contributed by atoms with E-state index in [0.29, 0.717) is 49.8 Å². The quantitative estimate of drug-likeness (QED) is 0.204. The number of phenols is 1. The minimum Gasteiger partial charge on any atom is -0.508 e. The molecule has 2 saturated heterocycles. The van der Waals surface area contributed by atoms with E-state index in [1.807, 2.05) is 54.6 Å². The Balaban J connectivity index is 1.06. The van der Waals surface area contributed by atoms with Crippen LogP contribution in [0.3, 0.4) is 0 Å². The van der Waals surface area contributed by atoms with Gasteiger partial charge in [0.1, 0.15) is 35.7 Å². The van der Waals surface area contributed by atoms with E-state index in [1.54, 1.807) is 57.2 Å². The Morgan fingerprint density at radius 2 is 1.74 bits per heavy atom. The van der Waals surface area contributed by atoms with Gasteiger partial charge < -0.3 is 39.4 Å². The van der Waals surface area contributed by atoms with Gasteiger partial charge in [-0.15, -0.1) is 0 Å². The molecule has 0 radical (unpaired) electrons. The van der Waals surface area contributed by atoms with Crippen molar-refractivity contribution in [3.8, 4) is 5.75 Å². The zero-order valence-corrected chi connectivity index (χ0v) is 33.2. The number of likely N-dealkylation sites (tertiary alicyclic amines) is 1. The van der Waals surface area contributed by atoms with Crippen LogP contribution in [0.4, 0.5) is 0 Å². The number of hydrogen-bond acceptors (Lipinski definition) is 10. The smallest absolute Gasteiger partial charge is 0.338 e. The lowest BCUT2D eigenvalue weighted by Gasteiger charge is -2.33. The van der Waals surface area contributed by atoms with Gasteiger partial charge in [0, 0.05) is 37.8 Å². The molecule has 2 amide bonds. The molecule has 2 fully saturated rings. The molecule has 306 valence electrons. The Morgan fingerprint density at radius 3 is 2.47 bits per heavy atom. The highest BCUT2D eigenvalue weighted by molar-refractivity contribution is 5.98. The van der Waals surface area contributed by atoms with Crippen LogP contribution in [0.5, 0.6) is 5.75 Å². The molecule has 3 aromatic carbocycles. The number of aliphatic hydroxyl groups is 1. The number of phenolic OH excluding ortho intramolecular Hbond substituents is 1. The second-order valence-electron chi connectivity index (χ2n) is 16.6. The van der Waals surface area contributed by atoms with Gasteiger partial charge in [-0.1, -0.05) is 66.7 Å². The molecule has 4 aliphatic rings. The molecule has 3 N–H and O–H groups in total. The molecule has 2 aliphatic carbocycles. The summed E-state index contributed by atoms with van der Waals surface area (Å²) in [6.07, 6.45) is 6.12. The molecule has 5 unspecified atom stereocenters. The van der Waals surface area contributed by atoms with Crippen molar-refractivity contribution in [2.45, 2.75) is 114 Å². The highest BCUT2D eigenvalue weighted by Crippen LogP contribution is 2.45. The van der Waals surface area contributed by atoms with Gasteiger partial charge in [-0.2, -0.15) is 0 Å². The summed E-state index contributed by atoms with van der Waals surface area (Å²) in [5.41, 5.74) is 3.82. The Hall–Kier alpha value is -5.30. The van der Waals surface area contributed by atoms with E-state index in [1.165, 1.54) is 4.90 Å². The molecule has 2 heterocycles. The maximum absolute atomic E-state index is 14.4. The number of benzene rings is 3. The standard InChI is InChI=1S/C46H52N2O10/c1-45(2,3)57-40(51)21-20-35(28-49)47-42(52)36-18-10-22-48(36)43(53)34-24-38(41-39(25-34)56-46(58-41)26-32-14-4-5-15-33(32)27-46)55-44(54)31-17-9-12-29(23-31)11-8-16-30-13-6-7-19-37(30)50/h4-9,11-15,17,19,23,25,35-36,38-39,41,49-50H,10,16,18,20-22,24,26-28H2,1-3H3,(H,47,52). The van der Waals surface area contributed by atoms with Crippen LogP contribution >= 0.6 is 0 Å². The van der Waals surface area contributed by atoms with Crippen LogP contribution in [0.2, 0.25) is 0 Å². The number of para-hydroxylation sites is 1. The molecule has 12 nitrogen and oxygen atoms in total. The van der Waals surface area contributed by atoms with E-state index in [-0.39, 0.29) is 37.5 Å². The molecule has 1 spiro atoms. The van der Waals surface area contributed by atoms with Gasteiger partial charge in [0.15, 0.2) is 5.79 Å². The minimum absolute atomic E-state index is 0.0148. The molecular weight excluding hydrogens is 741 g/mol. The number of nitrogens with zero attached hydrogens (tertiary/aromatic N) is 1. The molecular formula is C46H52N2O10. The maximum atomic E-state index is 14.4. The van der Waals surface area contributed by atoms with Crippen molar-refractivity contribution < 1.29 is 48.3 Å². The number of carbonyl (C=O) groups excluding carboxylic acids is 4. The molecule has 5 atom stereocenters. The predicted molar refractivity (Wildman–Crippen MR) is 214 cm³/mol. The van der Waals surface area contributed by atoms with Gasteiger partial charge in [-0.05, 0) is 93.0 Å². The molecule has 0 bridgehead atoms. The first-order valence-corrected chi connectivity index (χ1v) is 20.1. The minimum atomic E-state index is -0.981. The van der Waals surface area contributed by atoms with Crippen molar-refractivity contribution >= 4 is 29.8 Å². The Bertz CT molecular complexity index is 2060. The van der Waals surface area contributed by atoms with Crippen LogP contribution in [0.1, 0.15) is 85.5 Å². The first kappa shape index (κ1) is 40.9. The molecule has 12 heteroatoms. The largest absolute Gasteiger partial charge is 0.508 e. The third-order valence-corrected chi connectivity index (χ3v) is 11.0. The van der Waals surface area contributed by atoms with Gasteiger partial charge >= 0.3 is 11.9 Å². The van der Waals surface area contributed by atoms with Gasteiger partial charge in [0.2, 0.25) is 11.8 Å². The number of esters is 2. The number of rotatable bonds is 12. The second kappa shape index (κ2) is 17.3. The normalized spacial score (nSPS) is 22.6. The SMILES string of the molecule is CC(C)(C)OC(=O)CCC(CO)NC(=O)C1CCCN1C(=O)C1=CC2OC3(Cc4ccccc4C3)OC2C(OC(=O)c2cccc(C=CCc3ccccc3O)c2)C1. The van der Waals surface area contributed by atoms with E-state index in [2.05, 4.69) is 5.32 Å². The lowest BCUT2D eigenvalue weighted by molar-refractivity contribution is -0.172. The molecule has 2 aliphatic heterocycles. The van der Waals surface area contributed by atoms with Crippen LogP contribution in [-0.2, 0) is 52.6 Å². The van der Waals surface area contributed by atoms with Gasteiger partial charge in [-0.25, -0.2) is 4.79 Å². The van der Waals surface area contributed by atoms with Crippen molar-refractivity contribution in [1.82, 2.24) is 10.2 Å². The molecule has 58 heavy (non-hydrogen) atoms. The number of carbonyl (C=O) groups is 4. The van der Waals surface area contributed by atoms with E-state index in [0.717, 1.165) is 22.3 Å². The number of allylic oxidation sites excluding steroid dienone is 1. The lowest BCUT2D eigenvalue weighted by atomic mass is 9.91. The third-order valence-electron chi connectivity index (χ3n) is 11.0. The fraction of sp³-hybridized carbons (Fsp3) is 0.435. The topological polar surface area (TPSA) is 161 Å². The van der Waals surface area contributed by atoms with Crippen LogP contribution < -0.4 is 5.32 Å². The monoisotopic (exact) mass is 792 g/mol. The third kappa shape index (κ3) is 9.52. The van der Waals surface area contributed by atoms with Gasteiger partial charge in [0.25, 0.3) is 0 Å². The number of aliphatic hydroxyl groups excluding tert-OH is 1. The number of ether oxygens (including phenoxy) is 4. The second-order valence-corrected chi connectivity index (χ2v) is 16.6. The number of hydrogen-bond donors (Lipinski definition) is 3. The van der Waals surface area contributed by atoms with Crippen molar-refractivity contribution in [3.05, 3.63) is 118 Å². The Kier molecular flexibility index (Phi) is 12.2. The summed E-state index contributed by atoms with van der Waals surface area (Å²) in [6.45, 7) is 5.28. The van der Waals surface area contributed by atoms with Crippen molar-refractivity contribution in [2.75, 3.05) is 13.2 Å². The summed E-state index contributed by atoms with van der Waals surface area (Å²) in [5, 5.41) is 23.0. The van der Waals surface area contributed by atoms with Gasteiger partial charge in [0.05, 0.1) is 18.2 Å². The van der Waals surface area contributed by atoms with E-state index in [4.69, 9.17) is 18.9 Å². The summed E-state index contributed by atoms with van der Waals surface area (Å²) >= 11 is 0. The average Bonchev–Trinajstić information content (AvgIpc) is 3.92. The predicted octanol–water partition coefficient (Wildman–Crippen LogP) is 5.37. The average molecular weight is 793 g/mol. The zero-order valence-electron chi connectivity index (χ0n) is 33.2. The van der Waals surface area contributed by atoms with Crippen molar-refractivity contribution in [3.63, 3.8) is 0 Å². The summed E-state index contributed by atoms with van der Waals surface area (Å²) in [5.74, 6) is -2.54. The van der Waals surface area contributed by atoms with Crippen LogP contribution in [-0.4, -0.2) is 93.8 Å². The molecule has 3 aromatic rings. The van der Waals surface area contributed by atoms with Crippen molar-refractivity contribution in [1.29, 1.82) is 0 Å². The fourth-order valence-corrected chi connectivity index (χ4v) is 8.29. The summed E-state index contributed by atoms with van der Waals surface area (Å²) in [4.78, 5) is 55.7.